The summed E-state index contributed by atoms with van der Waals surface area (Å²) in [6.07, 6.45) is -1.61. The largest absolute Gasteiger partial charge is 0.416 e. The molecule has 0 bridgehead atoms. The van der Waals surface area contributed by atoms with E-state index in [-0.39, 0.29) is 16.8 Å². The highest BCUT2D eigenvalue weighted by atomic mass is 19.4. The quantitative estimate of drug-likeness (QED) is 0.818. The van der Waals surface area contributed by atoms with E-state index < -0.39 is 17.6 Å². The Balaban J connectivity index is 2.34. The van der Waals surface area contributed by atoms with Crippen molar-refractivity contribution in [2.75, 3.05) is 5.32 Å². The number of nitrogens with one attached hydrogen (secondary N) is 2. The predicted molar refractivity (Wildman–Crippen MR) is 90.9 cm³/mol. The maximum absolute atomic E-state index is 12.8. The number of amides is 1. The maximum atomic E-state index is 12.8. The summed E-state index contributed by atoms with van der Waals surface area (Å²) < 4.78 is 38.3. The molecule has 4 nitrogen and oxygen atoms in total. The Morgan fingerprint density at radius 3 is 2.56 bits per heavy atom. The number of carbonyl (C=O) groups excluding carboxylic acids is 1. The van der Waals surface area contributed by atoms with Crippen LogP contribution in [0.1, 0.15) is 23.7 Å². The molecule has 1 aromatic carbocycles. The number of aromatic nitrogens is 1. The number of pyridine rings is 1. The van der Waals surface area contributed by atoms with Gasteiger partial charge in [0, 0.05) is 28.6 Å². The number of H-pyrrole nitrogens is 1. The van der Waals surface area contributed by atoms with Gasteiger partial charge in [-0.15, -0.1) is 0 Å². The van der Waals surface area contributed by atoms with Crippen molar-refractivity contribution in [3.63, 3.8) is 0 Å². The summed E-state index contributed by atoms with van der Waals surface area (Å²) in [4.78, 5) is 26.4. The van der Waals surface area contributed by atoms with Gasteiger partial charge in [0.2, 0.25) is 5.56 Å². The number of anilines is 1. The highest BCUT2D eigenvalue weighted by Gasteiger charge is 2.30. The minimum Gasteiger partial charge on any atom is -0.322 e. The van der Waals surface area contributed by atoms with Gasteiger partial charge in [0.25, 0.3) is 5.91 Å². The number of rotatable bonds is 4. The SMILES string of the molecule is C=Cc1[nH]c(=O)ccc1/C(=C\C)C(=O)Nc1cccc(C(F)(F)F)c1. The van der Waals surface area contributed by atoms with Crippen LogP contribution in [0, 0.1) is 0 Å². The number of benzene rings is 1. The first-order valence-corrected chi connectivity index (χ1v) is 7.27. The predicted octanol–water partition coefficient (Wildman–Crippen LogP) is 4.08. The Morgan fingerprint density at radius 2 is 1.96 bits per heavy atom. The second-order valence-electron chi connectivity index (χ2n) is 5.09. The van der Waals surface area contributed by atoms with Crippen molar-refractivity contribution < 1.29 is 18.0 Å². The number of halogens is 3. The fourth-order valence-corrected chi connectivity index (χ4v) is 2.27. The molecule has 0 fully saturated rings. The summed E-state index contributed by atoms with van der Waals surface area (Å²) in [6.45, 7) is 5.19. The van der Waals surface area contributed by atoms with Gasteiger partial charge in [-0.05, 0) is 37.3 Å². The van der Waals surface area contributed by atoms with Crippen LogP contribution in [0.25, 0.3) is 11.6 Å². The number of hydrogen-bond acceptors (Lipinski definition) is 2. The van der Waals surface area contributed by atoms with Crippen molar-refractivity contribution in [3.8, 4) is 0 Å². The van der Waals surface area contributed by atoms with E-state index in [2.05, 4.69) is 16.9 Å². The fourth-order valence-electron chi connectivity index (χ4n) is 2.27. The van der Waals surface area contributed by atoms with E-state index in [0.29, 0.717) is 11.3 Å². The first kappa shape index (κ1) is 18.3. The Kier molecular flexibility index (Phi) is 5.26. The summed E-state index contributed by atoms with van der Waals surface area (Å²) in [5.74, 6) is -0.600. The summed E-state index contributed by atoms with van der Waals surface area (Å²) in [5, 5.41) is 2.44. The molecule has 1 amide bonds. The van der Waals surface area contributed by atoms with E-state index in [1.807, 2.05) is 0 Å². The van der Waals surface area contributed by atoms with Gasteiger partial charge in [-0.2, -0.15) is 13.2 Å². The second kappa shape index (κ2) is 7.21. The lowest BCUT2D eigenvalue weighted by molar-refractivity contribution is -0.137. The third-order valence-electron chi connectivity index (χ3n) is 3.42. The van der Waals surface area contributed by atoms with Crippen LogP contribution in [-0.2, 0) is 11.0 Å². The monoisotopic (exact) mass is 348 g/mol. The molecule has 0 aliphatic heterocycles. The molecule has 2 rings (SSSR count). The molecule has 2 aromatic rings. The van der Waals surface area contributed by atoms with Crippen LogP contribution < -0.4 is 10.9 Å². The molecule has 0 spiro atoms. The lowest BCUT2D eigenvalue weighted by Gasteiger charge is -2.13. The Labute approximate surface area is 141 Å². The average molecular weight is 348 g/mol. The number of alkyl halides is 3. The van der Waals surface area contributed by atoms with Gasteiger partial charge in [0.15, 0.2) is 0 Å². The fraction of sp³-hybridized carbons (Fsp3) is 0.111. The maximum Gasteiger partial charge on any atom is 0.416 e. The first-order valence-electron chi connectivity index (χ1n) is 7.27. The number of allylic oxidation sites excluding steroid dienone is 1. The Hall–Kier alpha value is -3.09. The van der Waals surface area contributed by atoms with Gasteiger partial charge in [-0.3, -0.25) is 9.59 Å². The van der Waals surface area contributed by atoms with Crippen molar-refractivity contribution in [1.82, 2.24) is 4.98 Å². The standard InChI is InChI=1S/C18H15F3N2O2/c1-3-13(14-8-9-16(24)23-15(14)4-2)17(25)22-12-7-5-6-11(10-12)18(19,20)21/h3-10H,2H2,1H3,(H,22,25)(H,23,24)/b13-3+. The van der Waals surface area contributed by atoms with Crippen molar-refractivity contribution in [1.29, 1.82) is 0 Å². The summed E-state index contributed by atoms with van der Waals surface area (Å²) >= 11 is 0. The molecular weight excluding hydrogens is 333 g/mol. The molecule has 1 heterocycles. The molecule has 2 N–H and O–H groups in total. The van der Waals surface area contributed by atoms with Crippen LogP contribution in [-0.4, -0.2) is 10.9 Å². The molecule has 25 heavy (non-hydrogen) atoms. The molecule has 0 saturated carbocycles. The molecule has 0 unspecified atom stereocenters. The van der Waals surface area contributed by atoms with E-state index in [1.165, 1.54) is 36.4 Å². The van der Waals surface area contributed by atoms with Crippen molar-refractivity contribution in [2.24, 2.45) is 0 Å². The lowest BCUT2D eigenvalue weighted by atomic mass is 10.0. The molecule has 130 valence electrons. The van der Waals surface area contributed by atoms with Gasteiger partial charge in [-0.1, -0.05) is 18.7 Å². The third-order valence-corrected chi connectivity index (χ3v) is 3.42. The Bertz CT molecular complexity index is 896. The summed E-state index contributed by atoms with van der Waals surface area (Å²) in [6, 6.07) is 7.06. The second-order valence-corrected chi connectivity index (χ2v) is 5.09. The van der Waals surface area contributed by atoms with Crippen molar-refractivity contribution in [3.05, 3.63) is 76.2 Å². The molecule has 0 atom stereocenters. The van der Waals surface area contributed by atoms with Gasteiger partial charge in [0.05, 0.1) is 5.56 Å². The number of hydrogen-bond donors (Lipinski definition) is 2. The Morgan fingerprint density at radius 1 is 1.24 bits per heavy atom. The van der Waals surface area contributed by atoms with Crippen LogP contribution in [0.2, 0.25) is 0 Å². The van der Waals surface area contributed by atoms with E-state index in [4.69, 9.17) is 0 Å². The van der Waals surface area contributed by atoms with Gasteiger partial charge >= 0.3 is 6.18 Å². The highest BCUT2D eigenvalue weighted by Crippen LogP contribution is 2.31. The van der Waals surface area contributed by atoms with E-state index in [9.17, 15) is 22.8 Å². The van der Waals surface area contributed by atoms with Gasteiger partial charge in [0.1, 0.15) is 0 Å². The van der Waals surface area contributed by atoms with Crippen LogP contribution in [0.5, 0.6) is 0 Å². The molecular formula is C18H15F3N2O2. The molecule has 0 radical (unpaired) electrons. The van der Waals surface area contributed by atoms with Crippen LogP contribution in [0.3, 0.4) is 0 Å². The average Bonchev–Trinajstić information content (AvgIpc) is 2.56. The molecule has 7 heteroatoms. The zero-order valence-electron chi connectivity index (χ0n) is 13.3. The van der Waals surface area contributed by atoms with E-state index >= 15 is 0 Å². The molecule has 0 saturated heterocycles. The van der Waals surface area contributed by atoms with Crippen LogP contribution in [0.4, 0.5) is 18.9 Å². The summed E-state index contributed by atoms with van der Waals surface area (Å²) in [7, 11) is 0. The van der Waals surface area contributed by atoms with Gasteiger partial charge in [-0.25, -0.2) is 0 Å². The normalized spacial score (nSPS) is 11.9. The number of carbonyl (C=O) groups is 1. The zero-order chi connectivity index (χ0) is 18.6. The third kappa shape index (κ3) is 4.26. The topological polar surface area (TPSA) is 62.0 Å². The summed E-state index contributed by atoms with van der Waals surface area (Å²) in [5.41, 5.74) is -0.232. The van der Waals surface area contributed by atoms with Crippen LogP contribution >= 0.6 is 0 Å². The minimum absolute atomic E-state index is 0.0174. The van der Waals surface area contributed by atoms with E-state index in [1.54, 1.807) is 6.92 Å². The van der Waals surface area contributed by atoms with E-state index in [0.717, 1.165) is 12.1 Å². The molecule has 1 aromatic heterocycles. The smallest absolute Gasteiger partial charge is 0.322 e. The highest BCUT2D eigenvalue weighted by molar-refractivity contribution is 6.25. The first-order chi connectivity index (χ1) is 11.8. The van der Waals surface area contributed by atoms with Crippen molar-refractivity contribution >= 4 is 23.2 Å². The molecule has 0 aliphatic carbocycles. The van der Waals surface area contributed by atoms with Gasteiger partial charge < -0.3 is 10.3 Å². The van der Waals surface area contributed by atoms with Crippen LogP contribution in [0.15, 0.2) is 53.8 Å². The van der Waals surface area contributed by atoms with Crippen molar-refractivity contribution in [2.45, 2.75) is 13.1 Å². The minimum atomic E-state index is -4.50. The molecule has 0 aliphatic rings. The zero-order valence-corrected chi connectivity index (χ0v) is 13.3. The lowest BCUT2D eigenvalue weighted by Crippen LogP contribution is -2.17. The number of aromatic amines is 1.